The minimum Gasteiger partial charge on any atom is -0.497 e. The van der Waals surface area contributed by atoms with E-state index in [1.54, 1.807) is 14.2 Å². The number of hydrogen-bond acceptors (Lipinski definition) is 4. The molecule has 1 aliphatic heterocycles. The zero-order valence-electron chi connectivity index (χ0n) is 16.4. The molecule has 1 heterocycles. The van der Waals surface area contributed by atoms with Crippen LogP contribution in [0.1, 0.15) is 18.5 Å². The second kappa shape index (κ2) is 9.06. The number of nitrogens with one attached hydrogen (secondary N) is 1. The van der Waals surface area contributed by atoms with Crippen LogP contribution in [0.25, 0.3) is 10.8 Å². The number of methoxy groups -OCH3 is 2. The number of carbonyl (C=O) groups excluding carboxylic acids is 1. The van der Waals surface area contributed by atoms with E-state index in [0.717, 1.165) is 61.4 Å². The highest BCUT2D eigenvalue weighted by molar-refractivity contribution is 5.85. The number of urea groups is 1. The number of piperazine rings is 1. The zero-order valence-corrected chi connectivity index (χ0v) is 16.4. The van der Waals surface area contributed by atoms with Crippen molar-refractivity contribution in [2.75, 3.05) is 53.6 Å². The van der Waals surface area contributed by atoms with Gasteiger partial charge in [0.15, 0.2) is 0 Å². The largest absolute Gasteiger partial charge is 0.497 e. The predicted molar refractivity (Wildman–Crippen MR) is 107 cm³/mol. The van der Waals surface area contributed by atoms with E-state index in [1.165, 1.54) is 0 Å². The van der Waals surface area contributed by atoms with Crippen molar-refractivity contribution in [2.45, 2.75) is 13.0 Å². The van der Waals surface area contributed by atoms with Crippen molar-refractivity contribution in [3.8, 4) is 5.75 Å². The van der Waals surface area contributed by atoms with Crippen LogP contribution in [0.5, 0.6) is 5.75 Å². The topological polar surface area (TPSA) is 54.0 Å². The number of carbonyl (C=O) groups is 1. The number of amides is 2. The molecule has 6 heteroatoms. The fourth-order valence-electron chi connectivity index (χ4n) is 3.39. The molecular weight excluding hydrogens is 342 g/mol. The maximum atomic E-state index is 12.6. The molecule has 1 N–H and O–H groups in total. The molecule has 1 saturated heterocycles. The Morgan fingerprint density at radius 1 is 1.07 bits per heavy atom. The number of nitrogens with zero attached hydrogens (tertiary/aromatic N) is 2. The van der Waals surface area contributed by atoms with Gasteiger partial charge in [-0.3, -0.25) is 4.90 Å². The molecule has 0 bridgehead atoms. The van der Waals surface area contributed by atoms with Gasteiger partial charge in [0.05, 0.1) is 19.8 Å². The summed E-state index contributed by atoms with van der Waals surface area (Å²) in [5.74, 6) is 0.848. The Hall–Kier alpha value is -2.31. The fourth-order valence-corrected chi connectivity index (χ4v) is 3.39. The molecule has 2 aromatic rings. The molecule has 27 heavy (non-hydrogen) atoms. The molecule has 0 unspecified atom stereocenters. The Bertz CT molecular complexity index is 772. The van der Waals surface area contributed by atoms with E-state index in [-0.39, 0.29) is 12.1 Å². The lowest BCUT2D eigenvalue weighted by Gasteiger charge is -2.35. The number of ether oxygens (including phenoxy) is 2. The van der Waals surface area contributed by atoms with Crippen molar-refractivity contribution in [1.29, 1.82) is 0 Å². The molecule has 0 spiro atoms. The van der Waals surface area contributed by atoms with Gasteiger partial charge in [0.2, 0.25) is 0 Å². The van der Waals surface area contributed by atoms with Crippen LogP contribution in [0.15, 0.2) is 36.4 Å². The third-order valence-electron chi connectivity index (χ3n) is 5.18. The molecule has 1 atom stereocenters. The van der Waals surface area contributed by atoms with Crippen LogP contribution in [0.2, 0.25) is 0 Å². The molecule has 2 aromatic carbocycles. The monoisotopic (exact) mass is 371 g/mol. The molecular formula is C21H29N3O3. The number of rotatable bonds is 6. The van der Waals surface area contributed by atoms with Gasteiger partial charge in [-0.05, 0) is 41.5 Å². The van der Waals surface area contributed by atoms with E-state index in [1.807, 2.05) is 30.0 Å². The van der Waals surface area contributed by atoms with Gasteiger partial charge in [-0.25, -0.2) is 4.79 Å². The molecule has 0 aliphatic carbocycles. The minimum atomic E-state index is -0.0458. The van der Waals surface area contributed by atoms with Crippen molar-refractivity contribution < 1.29 is 14.3 Å². The Labute approximate surface area is 161 Å². The Morgan fingerprint density at radius 3 is 2.48 bits per heavy atom. The minimum absolute atomic E-state index is 0.00344. The summed E-state index contributed by atoms with van der Waals surface area (Å²) in [5.41, 5.74) is 1.10. The maximum Gasteiger partial charge on any atom is 0.317 e. The summed E-state index contributed by atoms with van der Waals surface area (Å²) in [6, 6.07) is 12.2. The number of fused-ring (bicyclic) bond motifs is 1. The molecule has 1 fully saturated rings. The lowest BCUT2D eigenvalue weighted by molar-refractivity contribution is 0.105. The second-order valence-electron chi connectivity index (χ2n) is 6.97. The average Bonchev–Trinajstić information content (AvgIpc) is 2.71. The van der Waals surface area contributed by atoms with Crippen molar-refractivity contribution in [1.82, 2.24) is 15.1 Å². The first-order chi connectivity index (χ1) is 13.1. The Balaban J connectivity index is 1.57. The van der Waals surface area contributed by atoms with E-state index >= 15 is 0 Å². The Morgan fingerprint density at radius 2 is 1.78 bits per heavy atom. The molecule has 0 saturated carbocycles. The van der Waals surface area contributed by atoms with Crippen LogP contribution in [-0.2, 0) is 4.74 Å². The number of hydrogen-bond donors (Lipinski definition) is 1. The van der Waals surface area contributed by atoms with Gasteiger partial charge in [-0.15, -0.1) is 0 Å². The van der Waals surface area contributed by atoms with E-state index < -0.39 is 0 Å². The normalized spacial score (nSPS) is 16.3. The van der Waals surface area contributed by atoms with E-state index in [9.17, 15) is 4.79 Å². The van der Waals surface area contributed by atoms with Crippen LogP contribution in [0, 0.1) is 0 Å². The van der Waals surface area contributed by atoms with Crippen LogP contribution in [-0.4, -0.2) is 69.4 Å². The summed E-state index contributed by atoms with van der Waals surface area (Å²) in [6.07, 6.45) is 0. The van der Waals surface area contributed by atoms with Crippen molar-refractivity contribution in [2.24, 2.45) is 0 Å². The van der Waals surface area contributed by atoms with Crippen LogP contribution in [0.4, 0.5) is 4.79 Å². The molecule has 146 valence electrons. The predicted octanol–water partition coefficient (Wildman–Crippen LogP) is 2.88. The number of benzene rings is 2. The molecule has 0 radical (unpaired) electrons. The van der Waals surface area contributed by atoms with Crippen molar-refractivity contribution >= 4 is 16.8 Å². The molecule has 0 aromatic heterocycles. The van der Waals surface area contributed by atoms with Gasteiger partial charge in [0.1, 0.15) is 5.75 Å². The summed E-state index contributed by atoms with van der Waals surface area (Å²) >= 11 is 0. The third-order valence-corrected chi connectivity index (χ3v) is 5.18. The van der Waals surface area contributed by atoms with Gasteiger partial charge in [-0.1, -0.05) is 18.2 Å². The van der Waals surface area contributed by atoms with E-state index in [0.29, 0.717) is 0 Å². The SMILES string of the molecule is COCCN1CCN(C(=O)N[C@H](C)c2ccc3cc(OC)ccc3c2)CC1. The van der Waals surface area contributed by atoms with Gasteiger partial charge < -0.3 is 19.7 Å². The highest BCUT2D eigenvalue weighted by atomic mass is 16.5. The van der Waals surface area contributed by atoms with Crippen molar-refractivity contribution in [3.63, 3.8) is 0 Å². The first-order valence-electron chi connectivity index (χ1n) is 9.45. The summed E-state index contributed by atoms with van der Waals surface area (Å²) in [5, 5.41) is 5.40. The highest BCUT2D eigenvalue weighted by Crippen LogP contribution is 2.24. The molecule has 3 rings (SSSR count). The smallest absolute Gasteiger partial charge is 0.317 e. The maximum absolute atomic E-state index is 12.6. The summed E-state index contributed by atoms with van der Waals surface area (Å²) < 4.78 is 10.4. The van der Waals surface area contributed by atoms with Gasteiger partial charge in [0, 0.05) is 39.8 Å². The fraction of sp³-hybridized carbons (Fsp3) is 0.476. The van der Waals surface area contributed by atoms with E-state index in [2.05, 4.69) is 28.4 Å². The van der Waals surface area contributed by atoms with Crippen LogP contribution in [0.3, 0.4) is 0 Å². The first kappa shape index (κ1) is 19.5. The van der Waals surface area contributed by atoms with Crippen molar-refractivity contribution in [3.05, 3.63) is 42.0 Å². The highest BCUT2D eigenvalue weighted by Gasteiger charge is 2.22. The van der Waals surface area contributed by atoms with E-state index in [4.69, 9.17) is 9.47 Å². The molecule has 2 amide bonds. The Kier molecular flexibility index (Phi) is 6.53. The van der Waals surface area contributed by atoms with Crippen LogP contribution >= 0.6 is 0 Å². The summed E-state index contributed by atoms with van der Waals surface area (Å²) in [4.78, 5) is 16.8. The van der Waals surface area contributed by atoms with Crippen LogP contribution < -0.4 is 10.1 Å². The molecule has 1 aliphatic rings. The lowest BCUT2D eigenvalue weighted by atomic mass is 10.0. The third kappa shape index (κ3) is 4.90. The lowest BCUT2D eigenvalue weighted by Crippen LogP contribution is -2.52. The summed E-state index contributed by atoms with van der Waals surface area (Å²) in [6.45, 7) is 6.96. The summed E-state index contributed by atoms with van der Waals surface area (Å²) in [7, 11) is 3.39. The first-order valence-corrected chi connectivity index (χ1v) is 9.45. The quantitative estimate of drug-likeness (QED) is 0.848. The van der Waals surface area contributed by atoms with Gasteiger partial charge in [0.25, 0.3) is 0 Å². The molecule has 6 nitrogen and oxygen atoms in total. The average molecular weight is 371 g/mol. The second-order valence-corrected chi connectivity index (χ2v) is 6.97. The standard InChI is InChI=1S/C21H29N3O3/c1-16(17-4-5-19-15-20(27-3)7-6-18(19)14-17)22-21(25)24-10-8-23(9-11-24)12-13-26-2/h4-7,14-16H,8-13H2,1-3H3,(H,22,25)/t16-/m1/s1. The van der Waals surface area contributed by atoms with Gasteiger partial charge >= 0.3 is 6.03 Å². The zero-order chi connectivity index (χ0) is 19.2. The van der Waals surface area contributed by atoms with Gasteiger partial charge in [-0.2, -0.15) is 0 Å².